The molecule has 0 aliphatic carbocycles. The van der Waals surface area contributed by atoms with Crippen LogP contribution in [0, 0.1) is 0 Å². The van der Waals surface area contributed by atoms with Gasteiger partial charge in [-0.1, -0.05) is 30.3 Å². The summed E-state index contributed by atoms with van der Waals surface area (Å²) in [5, 5.41) is 3.01. The zero-order chi connectivity index (χ0) is 17.1. The SMILES string of the molecule is O=c1cc(CCCN2CCOCC2)nc2c(-c3ccccc3)c[nH]n12. The lowest BCUT2D eigenvalue weighted by Gasteiger charge is -2.26. The van der Waals surface area contributed by atoms with Gasteiger partial charge in [-0.3, -0.25) is 14.8 Å². The summed E-state index contributed by atoms with van der Waals surface area (Å²) >= 11 is 0. The zero-order valence-electron chi connectivity index (χ0n) is 14.1. The first-order valence-corrected chi connectivity index (χ1v) is 8.77. The third kappa shape index (κ3) is 3.50. The minimum absolute atomic E-state index is 0.0615. The Morgan fingerprint density at radius 1 is 1.16 bits per heavy atom. The van der Waals surface area contributed by atoms with Gasteiger partial charge in [0.1, 0.15) is 0 Å². The third-order valence-corrected chi connectivity index (χ3v) is 4.65. The van der Waals surface area contributed by atoms with Gasteiger partial charge < -0.3 is 4.74 Å². The second-order valence-electron chi connectivity index (χ2n) is 6.36. The number of benzene rings is 1. The monoisotopic (exact) mass is 338 g/mol. The summed E-state index contributed by atoms with van der Waals surface area (Å²) in [6.45, 7) is 4.63. The molecule has 1 saturated heterocycles. The van der Waals surface area contributed by atoms with E-state index in [-0.39, 0.29) is 5.56 Å². The topological polar surface area (TPSA) is 62.6 Å². The average Bonchev–Trinajstić information content (AvgIpc) is 3.08. The number of hydrogen-bond donors (Lipinski definition) is 1. The Hall–Kier alpha value is -2.44. The highest BCUT2D eigenvalue weighted by atomic mass is 16.5. The van der Waals surface area contributed by atoms with E-state index in [2.05, 4.69) is 10.00 Å². The number of aromatic nitrogens is 3. The maximum Gasteiger partial charge on any atom is 0.272 e. The molecule has 130 valence electrons. The minimum atomic E-state index is -0.0615. The fourth-order valence-electron chi connectivity index (χ4n) is 3.30. The highest BCUT2D eigenvalue weighted by molar-refractivity contribution is 5.76. The predicted octanol–water partition coefficient (Wildman–Crippen LogP) is 1.95. The zero-order valence-corrected chi connectivity index (χ0v) is 14.1. The van der Waals surface area contributed by atoms with Gasteiger partial charge in [0, 0.05) is 36.6 Å². The van der Waals surface area contributed by atoms with E-state index in [9.17, 15) is 4.79 Å². The molecule has 1 aliphatic rings. The van der Waals surface area contributed by atoms with E-state index in [4.69, 9.17) is 9.72 Å². The number of fused-ring (bicyclic) bond motifs is 1. The molecule has 3 aromatic rings. The molecule has 3 heterocycles. The molecule has 6 heteroatoms. The van der Waals surface area contributed by atoms with Crippen molar-refractivity contribution in [2.45, 2.75) is 12.8 Å². The van der Waals surface area contributed by atoms with Crippen LogP contribution in [-0.4, -0.2) is 52.3 Å². The molecule has 0 unspecified atom stereocenters. The second kappa shape index (κ2) is 7.21. The van der Waals surface area contributed by atoms with Crippen LogP contribution in [0.2, 0.25) is 0 Å². The molecule has 1 fully saturated rings. The minimum Gasteiger partial charge on any atom is -0.379 e. The Morgan fingerprint density at radius 2 is 1.96 bits per heavy atom. The van der Waals surface area contributed by atoms with Gasteiger partial charge in [0.05, 0.1) is 13.2 Å². The first-order valence-electron chi connectivity index (χ1n) is 8.77. The lowest BCUT2D eigenvalue weighted by molar-refractivity contribution is 0.0374. The van der Waals surface area contributed by atoms with Crippen molar-refractivity contribution in [3.63, 3.8) is 0 Å². The van der Waals surface area contributed by atoms with Gasteiger partial charge in [-0.25, -0.2) is 9.50 Å². The summed E-state index contributed by atoms with van der Waals surface area (Å²) < 4.78 is 6.88. The number of ether oxygens (including phenoxy) is 1. The smallest absolute Gasteiger partial charge is 0.272 e. The highest BCUT2D eigenvalue weighted by Crippen LogP contribution is 2.22. The van der Waals surface area contributed by atoms with Crippen LogP contribution in [0.15, 0.2) is 47.4 Å². The van der Waals surface area contributed by atoms with Crippen LogP contribution in [0.3, 0.4) is 0 Å². The van der Waals surface area contributed by atoms with Gasteiger partial charge >= 0.3 is 0 Å². The van der Waals surface area contributed by atoms with Crippen molar-refractivity contribution < 1.29 is 4.74 Å². The lowest BCUT2D eigenvalue weighted by atomic mass is 10.1. The molecule has 25 heavy (non-hydrogen) atoms. The Labute approximate surface area is 146 Å². The van der Waals surface area contributed by atoms with Crippen LogP contribution in [0.1, 0.15) is 12.1 Å². The number of nitrogens with zero attached hydrogens (tertiary/aromatic N) is 3. The lowest BCUT2D eigenvalue weighted by Crippen LogP contribution is -2.37. The number of morpholine rings is 1. The average molecular weight is 338 g/mol. The van der Waals surface area contributed by atoms with Crippen molar-refractivity contribution in [1.29, 1.82) is 0 Å². The van der Waals surface area contributed by atoms with Gasteiger partial charge in [0.15, 0.2) is 5.65 Å². The number of rotatable bonds is 5. The molecule has 1 aromatic carbocycles. The molecule has 6 nitrogen and oxygen atoms in total. The van der Waals surface area contributed by atoms with Crippen molar-refractivity contribution >= 4 is 5.65 Å². The van der Waals surface area contributed by atoms with Crippen molar-refractivity contribution in [2.24, 2.45) is 0 Å². The normalized spacial score (nSPS) is 15.7. The standard InChI is InChI=1S/C19H22N4O2/c24-18-13-16(7-4-8-22-9-11-25-12-10-22)21-19-17(14-20-23(18)19)15-5-2-1-3-6-15/h1-3,5-6,13-14,20H,4,7-12H2. The summed E-state index contributed by atoms with van der Waals surface area (Å²) in [4.78, 5) is 19.5. The van der Waals surface area contributed by atoms with Crippen molar-refractivity contribution in [3.05, 3.63) is 58.6 Å². The van der Waals surface area contributed by atoms with E-state index >= 15 is 0 Å². The van der Waals surface area contributed by atoms with Crippen LogP contribution >= 0.6 is 0 Å². The summed E-state index contributed by atoms with van der Waals surface area (Å²) in [5.74, 6) is 0. The summed E-state index contributed by atoms with van der Waals surface area (Å²) in [6, 6.07) is 11.7. The molecule has 0 radical (unpaired) electrons. The van der Waals surface area contributed by atoms with E-state index in [1.54, 1.807) is 6.07 Å². The number of hydrogen-bond acceptors (Lipinski definition) is 4. The van der Waals surface area contributed by atoms with Gasteiger partial charge in [-0.15, -0.1) is 0 Å². The quantitative estimate of drug-likeness (QED) is 0.772. The number of aryl methyl sites for hydroxylation is 1. The fraction of sp³-hybridized carbons (Fsp3) is 0.368. The number of H-pyrrole nitrogens is 1. The number of aromatic amines is 1. The molecule has 4 rings (SSSR count). The molecule has 1 N–H and O–H groups in total. The van der Waals surface area contributed by atoms with Crippen molar-refractivity contribution in [3.8, 4) is 11.1 Å². The van der Waals surface area contributed by atoms with Gasteiger partial charge in [0.2, 0.25) is 0 Å². The van der Waals surface area contributed by atoms with Crippen LogP contribution < -0.4 is 5.56 Å². The molecule has 0 bridgehead atoms. The van der Waals surface area contributed by atoms with Crippen molar-refractivity contribution in [2.75, 3.05) is 32.8 Å². The third-order valence-electron chi connectivity index (χ3n) is 4.65. The highest BCUT2D eigenvalue weighted by Gasteiger charge is 2.12. The van der Waals surface area contributed by atoms with Crippen molar-refractivity contribution in [1.82, 2.24) is 19.5 Å². The Kier molecular flexibility index (Phi) is 4.63. The van der Waals surface area contributed by atoms with E-state index in [1.165, 1.54) is 4.52 Å². The van der Waals surface area contributed by atoms with E-state index in [1.807, 2.05) is 36.5 Å². The van der Waals surface area contributed by atoms with E-state index < -0.39 is 0 Å². The fourth-order valence-corrected chi connectivity index (χ4v) is 3.30. The molecule has 0 amide bonds. The Balaban J connectivity index is 1.54. The first-order chi connectivity index (χ1) is 12.3. The largest absolute Gasteiger partial charge is 0.379 e. The van der Waals surface area contributed by atoms with Crippen LogP contribution in [-0.2, 0) is 11.2 Å². The first kappa shape index (κ1) is 16.1. The molecule has 0 spiro atoms. The predicted molar refractivity (Wildman–Crippen MR) is 96.8 cm³/mol. The Bertz CT molecular complexity index is 895. The van der Waals surface area contributed by atoms with Gasteiger partial charge in [-0.05, 0) is 24.9 Å². The molecule has 0 saturated carbocycles. The summed E-state index contributed by atoms with van der Waals surface area (Å²) in [5.41, 5.74) is 3.50. The molecule has 2 aromatic heterocycles. The molecular weight excluding hydrogens is 316 g/mol. The van der Waals surface area contributed by atoms with E-state index in [0.29, 0.717) is 5.65 Å². The summed E-state index contributed by atoms with van der Waals surface area (Å²) in [6.07, 6.45) is 3.65. The molecule has 0 atom stereocenters. The number of nitrogens with one attached hydrogen (secondary N) is 1. The van der Waals surface area contributed by atoms with Crippen LogP contribution in [0.25, 0.3) is 16.8 Å². The van der Waals surface area contributed by atoms with Gasteiger partial charge in [0.25, 0.3) is 5.56 Å². The Morgan fingerprint density at radius 3 is 2.76 bits per heavy atom. The molecular formula is C19H22N4O2. The van der Waals surface area contributed by atoms with Gasteiger partial charge in [-0.2, -0.15) is 0 Å². The van der Waals surface area contributed by atoms with Crippen LogP contribution in [0.5, 0.6) is 0 Å². The van der Waals surface area contributed by atoms with Crippen LogP contribution in [0.4, 0.5) is 0 Å². The van der Waals surface area contributed by atoms with E-state index in [0.717, 1.165) is 62.5 Å². The summed E-state index contributed by atoms with van der Waals surface area (Å²) in [7, 11) is 0. The molecule has 1 aliphatic heterocycles. The maximum absolute atomic E-state index is 12.4. The second-order valence-corrected chi connectivity index (χ2v) is 6.36. The maximum atomic E-state index is 12.4.